The molecule has 0 aromatic carbocycles. The van der Waals surface area contributed by atoms with Gasteiger partial charge in [0.25, 0.3) is 0 Å². The monoisotopic (exact) mass is 542 g/mol. The maximum Gasteiger partial charge on any atom is 0.185 e. The molecule has 8 atom stereocenters. The number of rotatable bonds is 7. The summed E-state index contributed by atoms with van der Waals surface area (Å²) in [6, 6.07) is 7.75. The van der Waals surface area contributed by atoms with Gasteiger partial charge in [-0.15, -0.1) is 0 Å². The molecule has 40 heavy (non-hydrogen) atoms. The van der Waals surface area contributed by atoms with Crippen molar-refractivity contribution in [2.45, 2.75) is 98.8 Å². The number of Topliss-reactive ketones (excluding diaryl/α,β-unsaturated/α-hetero) is 1. The minimum Gasteiger partial charge on any atom is -0.465 e. The van der Waals surface area contributed by atoms with Gasteiger partial charge in [-0.25, -0.2) is 0 Å². The summed E-state index contributed by atoms with van der Waals surface area (Å²) in [5, 5.41) is 0. The Bertz CT molecular complexity index is 1230. The van der Waals surface area contributed by atoms with Crippen LogP contribution in [0.5, 0.6) is 0 Å². The molecule has 4 aliphatic rings. The lowest BCUT2D eigenvalue weighted by Crippen LogP contribution is -2.54. The Morgan fingerprint density at radius 2 is 1.57 bits per heavy atom. The predicted octanol–water partition coefficient (Wildman–Crippen LogP) is 10.2. The molecule has 0 radical (unpaired) electrons. The second-order valence-corrected chi connectivity index (χ2v) is 14.8. The minimum atomic E-state index is 0.0793. The summed E-state index contributed by atoms with van der Waals surface area (Å²) in [6.07, 6.45) is 20.3. The summed E-state index contributed by atoms with van der Waals surface area (Å²) in [5.41, 5.74) is 2.42. The molecule has 0 unspecified atom stereocenters. The van der Waals surface area contributed by atoms with Crippen molar-refractivity contribution in [2.24, 2.45) is 52.3 Å². The summed E-state index contributed by atoms with van der Waals surface area (Å²) < 4.78 is 11.4. The highest BCUT2D eigenvalue weighted by Crippen LogP contribution is 2.69. The zero-order chi connectivity index (χ0) is 28.1. The van der Waals surface area contributed by atoms with Crippen molar-refractivity contribution in [3.8, 4) is 0 Å². The molecule has 6 rings (SSSR count). The first kappa shape index (κ1) is 27.9. The van der Waals surface area contributed by atoms with Crippen LogP contribution >= 0.6 is 0 Å². The van der Waals surface area contributed by atoms with Crippen molar-refractivity contribution >= 4 is 17.9 Å². The van der Waals surface area contributed by atoms with E-state index in [1.54, 1.807) is 12.5 Å². The van der Waals surface area contributed by atoms with Gasteiger partial charge in [-0.3, -0.25) is 4.79 Å². The summed E-state index contributed by atoms with van der Waals surface area (Å²) in [4.78, 5) is 14.0. The number of furan rings is 2. The van der Waals surface area contributed by atoms with Gasteiger partial charge in [-0.2, -0.15) is 0 Å². The van der Waals surface area contributed by atoms with Gasteiger partial charge in [0, 0.05) is 11.1 Å². The van der Waals surface area contributed by atoms with Crippen LogP contribution in [0.4, 0.5) is 0 Å². The van der Waals surface area contributed by atoms with Crippen LogP contribution in [0, 0.1) is 52.3 Å². The van der Waals surface area contributed by atoms with Gasteiger partial charge < -0.3 is 8.83 Å². The van der Waals surface area contributed by atoms with E-state index in [2.05, 4.69) is 40.7 Å². The van der Waals surface area contributed by atoms with Crippen molar-refractivity contribution in [1.29, 1.82) is 0 Å². The molecular formula is C37H50O3. The zero-order valence-electron chi connectivity index (χ0n) is 25.5. The van der Waals surface area contributed by atoms with Crippen LogP contribution in [0.15, 0.2) is 56.8 Å². The van der Waals surface area contributed by atoms with E-state index in [4.69, 9.17) is 8.83 Å². The number of ketones is 1. The van der Waals surface area contributed by atoms with Gasteiger partial charge in [-0.1, -0.05) is 53.9 Å². The number of carbonyl (C=O) groups is 1. The highest BCUT2D eigenvalue weighted by atomic mass is 16.3. The first-order chi connectivity index (χ1) is 19.2. The fourth-order valence-corrected chi connectivity index (χ4v) is 10.4. The molecule has 0 bridgehead atoms. The Morgan fingerprint density at radius 1 is 0.875 bits per heavy atom. The molecule has 4 aliphatic carbocycles. The maximum atomic E-state index is 14.0. The van der Waals surface area contributed by atoms with Gasteiger partial charge in [0.1, 0.15) is 11.5 Å². The van der Waals surface area contributed by atoms with E-state index in [-0.39, 0.29) is 17.1 Å². The number of carbonyl (C=O) groups excluding carboxylic acids is 1. The molecule has 4 saturated carbocycles. The van der Waals surface area contributed by atoms with E-state index in [1.165, 1.54) is 51.4 Å². The van der Waals surface area contributed by atoms with Crippen LogP contribution in [-0.2, 0) is 4.79 Å². The Balaban J connectivity index is 1.30. The summed E-state index contributed by atoms with van der Waals surface area (Å²) >= 11 is 0. The first-order valence-corrected chi connectivity index (χ1v) is 16.2. The van der Waals surface area contributed by atoms with Crippen LogP contribution in [-0.4, -0.2) is 5.78 Å². The molecule has 0 aliphatic heterocycles. The van der Waals surface area contributed by atoms with Crippen molar-refractivity contribution < 1.29 is 13.6 Å². The Hall–Kier alpha value is -2.29. The van der Waals surface area contributed by atoms with Crippen molar-refractivity contribution in [1.82, 2.24) is 0 Å². The van der Waals surface area contributed by atoms with Crippen molar-refractivity contribution in [3.63, 3.8) is 0 Å². The van der Waals surface area contributed by atoms with E-state index in [0.29, 0.717) is 11.3 Å². The first-order valence-electron chi connectivity index (χ1n) is 16.2. The average molecular weight is 543 g/mol. The molecule has 3 heteroatoms. The normalized spacial score (nSPS) is 38.5. The Labute approximate surface area is 241 Å². The molecular weight excluding hydrogens is 492 g/mol. The molecule has 3 nitrogen and oxygen atoms in total. The fourth-order valence-electron chi connectivity index (χ4n) is 10.4. The smallest absolute Gasteiger partial charge is 0.185 e. The van der Waals surface area contributed by atoms with E-state index in [1.807, 2.05) is 30.3 Å². The second kappa shape index (κ2) is 10.8. The van der Waals surface area contributed by atoms with Crippen LogP contribution in [0.1, 0.15) is 110 Å². The molecule has 216 valence electrons. The van der Waals surface area contributed by atoms with E-state index in [0.717, 1.165) is 65.1 Å². The van der Waals surface area contributed by atoms with Gasteiger partial charge in [0.05, 0.1) is 12.5 Å². The molecule has 2 aromatic rings. The zero-order valence-corrected chi connectivity index (χ0v) is 25.5. The highest BCUT2D eigenvalue weighted by molar-refractivity contribution is 6.14. The maximum absolute atomic E-state index is 14.0. The van der Waals surface area contributed by atoms with Crippen LogP contribution in [0.2, 0.25) is 0 Å². The Kier molecular flexibility index (Phi) is 7.55. The van der Waals surface area contributed by atoms with Gasteiger partial charge in [0.2, 0.25) is 0 Å². The summed E-state index contributed by atoms with van der Waals surface area (Å²) in [6.45, 7) is 12.5. The lowest BCUT2D eigenvalue weighted by atomic mass is 9.43. The predicted molar refractivity (Wildman–Crippen MR) is 162 cm³/mol. The molecule has 2 aromatic heterocycles. The van der Waals surface area contributed by atoms with Crippen LogP contribution in [0.3, 0.4) is 0 Å². The highest BCUT2D eigenvalue weighted by Gasteiger charge is 2.61. The third-order valence-corrected chi connectivity index (χ3v) is 12.3. The standard InChI is InChI=1S/C37H50O3/c1-24(2)9-6-10-25(3)31-15-16-32-29-13-14-33-30(22-28-12-8-20-40-28)35(38)26(21-27-11-7-19-39-27)23-37(33,5)34(29)17-18-36(31,32)4/h7-8,11-12,19-22,24-25,29,31-34H,6,9-10,13-18,23H2,1-5H3/b26-21-,30-22-/t25-,29+,31-,32+,33+,34+,36-,37+/m1/s1. The second-order valence-electron chi connectivity index (χ2n) is 14.8. The van der Waals surface area contributed by atoms with Gasteiger partial charge >= 0.3 is 0 Å². The largest absolute Gasteiger partial charge is 0.465 e. The van der Waals surface area contributed by atoms with Crippen molar-refractivity contribution in [2.75, 3.05) is 0 Å². The molecule has 2 heterocycles. The molecule has 0 spiro atoms. The van der Waals surface area contributed by atoms with Crippen molar-refractivity contribution in [3.05, 3.63) is 59.5 Å². The van der Waals surface area contributed by atoms with E-state index >= 15 is 0 Å². The molecule has 0 amide bonds. The third kappa shape index (κ3) is 4.80. The van der Waals surface area contributed by atoms with Gasteiger partial charge in [-0.05, 0) is 134 Å². The number of hydrogen-bond acceptors (Lipinski definition) is 3. The van der Waals surface area contributed by atoms with Crippen LogP contribution < -0.4 is 0 Å². The van der Waals surface area contributed by atoms with Crippen LogP contribution in [0.25, 0.3) is 12.2 Å². The molecule has 0 saturated heterocycles. The minimum absolute atomic E-state index is 0.0793. The molecule has 4 fully saturated rings. The summed E-state index contributed by atoms with van der Waals surface area (Å²) in [7, 11) is 0. The number of fused-ring (bicyclic) bond motifs is 5. The molecule has 0 N–H and O–H groups in total. The summed E-state index contributed by atoms with van der Waals surface area (Å²) in [5.74, 6) is 6.80. The van der Waals surface area contributed by atoms with Gasteiger partial charge in [0.15, 0.2) is 5.78 Å². The SMILES string of the molecule is CC(C)CCC[C@@H](C)[C@H]1CC[C@H]2[C@@H]3CC[C@H]4/C(=C/c5ccco5)C(=O)/C(=C\c5ccco5)C[C@]4(C)[C@H]3CC[C@]12C. The number of allylic oxidation sites excluding steroid dienone is 2. The topological polar surface area (TPSA) is 43.4 Å². The Morgan fingerprint density at radius 3 is 2.25 bits per heavy atom. The average Bonchev–Trinajstić information content (AvgIpc) is 3.67. The van der Waals surface area contributed by atoms with E-state index < -0.39 is 0 Å². The third-order valence-electron chi connectivity index (χ3n) is 12.3. The van der Waals surface area contributed by atoms with E-state index in [9.17, 15) is 4.79 Å². The quantitative estimate of drug-likeness (QED) is 0.327. The fraction of sp³-hybridized carbons (Fsp3) is 0.649. The number of hydrogen-bond donors (Lipinski definition) is 0. The lowest BCUT2D eigenvalue weighted by Gasteiger charge is -2.61. The lowest BCUT2D eigenvalue weighted by molar-refractivity contribution is -0.123.